The second-order valence-electron chi connectivity index (χ2n) is 2.60. The van der Waals surface area contributed by atoms with Crippen molar-refractivity contribution in [3.63, 3.8) is 0 Å². The zero-order valence-corrected chi connectivity index (χ0v) is 10.8. The lowest BCUT2D eigenvalue weighted by molar-refractivity contribution is -0.113. The van der Waals surface area contributed by atoms with Gasteiger partial charge in [0.2, 0.25) is 0 Å². The Balaban J connectivity index is 4.27. The predicted molar refractivity (Wildman–Crippen MR) is 57.3 cm³/mol. The molecule has 0 saturated heterocycles. The maximum Gasteiger partial charge on any atom is 0.551 e. The minimum absolute atomic E-state index is 0.140. The molecule has 0 aliphatic rings. The molecule has 0 atom stereocenters. The van der Waals surface area contributed by atoms with E-state index in [9.17, 15) is 4.79 Å². The van der Waals surface area contributed by atoms with E-state index in [1.807, 2.05) is 13.8 Å². The third-order valence-corrected chi connectivity index (χ3v) is 2.98. The van der Waals surface area contributed by atoms with E-state index in [0.29, 0.717) is 13.2 Å². The summed E-state index contributed by atoms with van der Waals surface area (Å²) in [5, 5.41) is 0. The molecule has 0 saturated carbocycles. The van der Waals surface area contributed by atoms with Crippen LogP contribution in [0.1, 0.15) is 20.8 Å². The number of carbonyl (C=O) groups is 1. The molecule has 0 aromatic rings. The molecule has 0 amide bonds. The maximum atomic E-state index is 10.8. The van der Waals surface area contributed by atoms with E-state index in [1.165, 1.54) is 20.1 Å². The van der Waals surface area contributed by atoms with Crippen LogP contribution in [-0.2, 0) is 22.8 Å². The van der Waals surface area contributed by atoms with Gasteiger partial charge in [-0.05, 0) is 20.8 Å². The average molecular weight is 234 g/mol. The number of ether oxygens (including phenoxy) is 1. The standard InChI is InChI=1S/C9H18O5Si/c1-5-12-15(13-6-2)14-9(11-4)7-8(3)10/h7,15H,5-6H2,1-4H3. The van der Waals surface area contributed by atoms with Crippen molar-refractivity contribution < 1.29 is 22.8 Å². The SMILES string of the molecule is CCO[SiH](OCC)OC(=CC(C)=O)OC. The summed E-state index contributed by atoms with van der Waals surface area (Å²) in [5.74, 6) is -0.00587. The molecule has 15 heavy (non-hydrogen) atoms. The van der Waals surface area contributed by atoms with Crippen LogP contribution in [-0.4, -0.2) is 35.6 Å². The van der Waals surface area contributed by atoms with Crippen LogP contribution in [0.3, 0.4) is 0 Å². The van der Waals surface area contributed by atoms with Crippen molar-refractivity contribution in [3.05, 3.63) is 12.0 Å². The number of ketones is 1. The highest BCUT2D eigenvalue weighted by Gasteiger charge is 2.18. The van der Waals surface area contributed by atoms with E-state index in [0.717, 1.165) is 0 Å². The van der Waals surface area contributed by atoms with Gasteiger partial charge in [-0.25, -0.2) is 0 Å². The quantitative estimate of drug-likeness (QED) is 0.354. The average Bonchev–Trinajstić information content (AvgIpc) is 2.16. The third-order valence-electron chi connectivity index (χ3n) is 1.34. The fourth-order valence-corrected chi connectivity index (χ4v) is 1.92. The van der Waals surface area contributed by atoms with Crippen LogP contribution in [0.25, 0.3) is 0 Å². The summed E-state index contributed by atoms with van der Waals surface area (Å²) >= 11 is 0. The highest BCUT2D eigenvalue weighted by atomic mass is 28.3. The predicted octanol–water partition coefficient (Wildman–Crippen LogP) is 0.870. The van der Waals surface area contributed by atoms with Crippen LogP contribution < -0.4 is 0 Å². The van der Waals surface area contributed by atoms with Crippen LogP contribution in [0.15, 0.2) is 12.0 Å². The van der Waals surface area contributed by atoms with Crippen molar-refractivity contribution in [2.24, 2.45) is 0 Å². The van der Waals surface area contributed by atoms with Crippen molar-refractivity contribution in [2.75, 3.05) is 20.3 Å². The molecule has 0 aliphatic carbocycles. The molecule has 0 heterocycles. The molecule has 0 radical (unpaired) electrons. The summed E-state index contributed by atoms with van der Waals surface area (Å²) in [5.41, 5.74) is 0. The van der Waals surface area contributed by atoms with Gasteiger partial charge in [-0.2, -0.15) is 0 Å². The molecule has 0 rings (SSSR count). The van der Waals surface area contributed by atoms with E-state index >= 15 is 0 Å². The van der Waals surface area contributed by atoms with E-state index in [1.54, 1.807) is 0 Å². The lowest BCUT2D eigenvalue weighted by atomic mass is 10.4. The van der Waals surface area contributed by atoms with Gasteiger partial charge >= 0.3 is 9.53 Å². The summed E-state index contributed by atoms with van der Waals surface area (Å²) in [6, 6.07) is 0. The van der Waals surface area contributed by atoms with Gasteiger partial charge in [-0.15, -0.1) is 0 Å². The van der Waals surface area contributed by atoms with Crippen LogP contribution >= 0.6 is 0 Å². The Kier molecular flexibility index (Phi) is 7.97. The minimum atomic E-state index is -2.21. The first-order valence-corrected chi connectivity index (χ1v) is 6.21. The molecule has 0 unspecified atom stereocenters. The van der Waals surface area contributed by atoms with Gasteiger partial charge in [0.15, 0.2) is 5.78 Å². The van der Waals surface area contributed by atoms with Crippen molar-refractivity contribution in [2.45, 2.75) is 20.8 Å². The fraction of sp³-hybridized carbons (Fsp3) is 0.667. The summed E-state index contributed by atoms with van der Waals surface area (Å²) in [6.45, 7) is 6.13. The molecule has 0 bridgehead atoms. The van der Waals surface area contributed by atoms with Gasteiger partial charge < -0.3 is 18.0 Å². The Morgan fingerprint density at radius 2 is 1.80 bits per heavy atom. The Bertz CT molecular complexity index is 211. The molecule has 0 fully saturated rings. The van der Waals surface area contributed by atoms with Gasteiger partial charge in [-0.3, -0.25) is 4.79 Å². The number of methoxy groups -OCH3 is 1. The normalized spacial score (nSPS) is 11.7. The van der Waals surface area contributed by atoms with Gasteiger partial charge in [0.1, 0.15) is 0 Å². The number of carbonyl (C=O) groups excluding carboxylic acids is 1. The summed E-state index contributed by atoms with van der Waals surface area (Å²) in [4.78, 5) is 10.8. The van der Waals surface area contributed by atoms with Gasteiger partial charge in [0, 0.05) is 13.2 Å². The van der Waals surface area contributed by atoms with Gasteiger partial charge in [0.25, 0.3) is 5.95 Å². The maximum absolute atomic E-state index is 10.8. The third kappa shape index (κ3) is 7.12. The minimum Gasteiger partial charge on any atom is -0.475 e. The van der Waals surface area contributed by atoms with E-state index in [-0.39, 0.29) is 11.7 Å². The second-order valence-corrected chi connectivity index (χ2v) is 4.08. The lowest BCUT2D eigenvalue weighted by Gasteiger charge is -2.16. The van der Waals surface area contributed by atoms with E-state index in [4.69, 9.17) is 18.0 Å². The van der Waals surface area contributed by atoms with Crippen LogP contribution in [0.5, 0.6) is 0 Å². The van der Waals surface area contributed by atoms with Crippen molar-refractivity contribution in [1.29, 1.82) is 0 Å². The summed E-state index contributed by atoms with van der Waals surface area (Å²) in [6.07, 6.45) is 1.26. The molecular weight excluding hydrogens is 216 g/mol. The Hall–Kier alpha value is -0.853. The first-order chi connectivity index (χ1) is 7.13. The molecule has 0 aromatic carbocycles. The largest absolute Gasteiger partial charge is 0.551 e. The molecule has 0 N–H and O–H groups in total. The van der Waals surface area contributed by atoms with Crippen LogP contribution in [0.4, 0.5) is 0 Å². The van der Waals surface area contributed by atoms with Crippen molar-refractivity contribution in [3.8, 4) is 0 Å². The molecule has 6 heteroatoms. The molecule has 0 aromatic heterocycles. The van der Waals surface area contributed by atoms with E-state index in [2.05, 4.69) is 0 Å². The summed E-state index contributed by atoms with van der Waals surface area (Å²) in [7, 11) is -0.785. The smallest absolute Gasteiger partial charge is 0.475 e. The first kappa shape index (κ1) is 14.1. The Morgan fingerprint density at radius 1 is 1.27 bits per heavy atom. The topological polar surface area (TPSA) is 54.0 Å². The zero-order valence-electron chi connectivity index (χ0n) is 9.61. The Labute approximate surface area is 91.9 Å². The molecular formula is C9H18O5Si. The van der Waals surface area contributed by atoms with E-state index < -0.39 is 9.53 Å². The van der Waals surface area contributed by atoms with Gasteiger partial charge in [0.05, 0.1) is 13.2 Å². The highest BCUT2D eigenvalue weighted by Crippen LogP contribution is 2.03. The van der Waals surface area contributed by atoms with Crippen LogP contribution in [0.2, 0.25) is 0 Å². The monoisotopic (exact) mass is 234 g/mol. The zero-order chi connectivity index (χ0) is 11.7. The molecule has 88 valence electrons. The number of allylic oxidation sites excluding steroid dienone is 1. The van der Waals surface area contributed by atoms with Crippen molar-refractivity contribution in [1.82, 2.24) is 0 Å². The summed E-state index contributed by atoms with van der Waals surface area (Å²) < 4.78 is 20.7. The van der Waals surface area contributed by atoms with Crippen LogP contribution in [0, 0.1) is 0 Å². The molecule has 5 nitrogen and oxygen atoms in total. The number of hydrogen-bond acceptors (Lipinski definition) is 5. The van der Waals surface area contributed by atoms with Crippen molar-refractivity contribution >= 4 is 15.3 Å². The van der Waals surface area contributed by atoms with Gasteiger partial charge in [-0.1, -0.05) is 0 Å². The first-order valence-electron chi connectivity index (χ1n) is 4.80. The Morgan fingerprint density at radius 3 is 2.13 bits per heavy atom. The second kappa shape index (κ2) is 8.45. The molecule has 0 aliphatic heterocycles. The number of rotatable bonds is 8. The highest BCUT2D eigenvalue weighted by molar-refractivity contribution is 6.36. The number of hydrogen-bond donors (Lipinski definition) is 0. The molecule has 0 spiro atoms. The lowest BCUT2D eigenvalue weighted by Crippen LogP contribution is -2.27. The fourth-order valence-electron chi connectivity index (χ4n) is 0.790.